The van der Waals surface area contributed by atoms with Crippen molar-refractivity contribution < 1.29 is 24.4 Å². The van der Waals surface area contributed by atoms with Crippen LogP contribution in [0.15, 0.2) is 0 Å². The van der Waals surface area contributed by atoms with E-state index in [9.17, 15) is 14.2 Å². The van der Waals surface area contributed by atoms with E-state index in [1.54, 1.807) is 0 Å². The fourth-order valence-corrected chi connectivity index (χ4v) is 1.53. The lowest BCUT2D eigenvalue weighted by atomic mass is 10.2. The second-order valence-electron chi connectivity index (χ2n) is 2.73. The third-order valence-electron chi connectivity index (χ3n) is 1.50. The standard InChI is InChI=1S/C7H12NO5P/c1-5(10)8-6(7(11)12)2-3-14(13)4-9/h6,9H,2-4H2,1H3,(H-,8,10,11,12)/p+1/t6-/m0/s1. The van der Waals surface area contributed by atoms with E-state index in [-0.39, 0.29) is 12.6 Å². The van der Waals surface area contributed by atoms with Gasteiger partial charge in [-0.05, 0) is 0 Å². The predicted octanol–water partition coefficient (Wildman–Crippen LogP) is -0.257. The second-order valence-corrected chi connectivity index (χ2v) is 4.42. The number of aliphatic carboxylic acids is 1. The van der Waals surface area contributed by atoms with Crippen LogP contribution in [0.1, 0.15) is 13.3 Å². The quantitative estimate of drug-likeness (QED) is 0.537. The average molecular weight is 222 g/mol. The fourth-order valence-electron chi connectivity index (χ4n) is 0.847. The van der Waals surface area contributed by atoms with Crippen LogP contribution in [0.5, 0.6) is 0 Å². The highest BCUT2D eigenvalue weighted by Crippen LogP contribution is 2.19. The van der Waals surface area contributed by atoms with Gasteiger partial charge in [0, 0.05) is 13.3 Å². The van der Waals surface area contributed by atoms with E-state index in [4.69, 9.17) is 10.2 Å². The van der Waals surface area contributed by atoms with Crippen LogP contribution in [-0.2, 0) is 14.2 Å². The van der Waals surface area contributed by atoms with Crippen molar-refractivity contribution in [2.45, 2.75) is 19.4 Å². The summed E-state index contributed by atoms with van der Waals surface area (Å²) in [7, 11) is -1.77. The fraction of sp³-hybridized carbons (Fsp3) is 0.714. The Labute approximate surface area is 82.1 Å². The molecule has 1 unspecified atom stereocenters. The Kier molecular flexibility index (Phi) is 5.99. The van der Waals surface area contributed by atoms with Crippen molar-refractivity contribution in [3.05, 3.63) is 0 Å². The van der Waals surface area contributed by atoms with Crippen LogP contribution in [-0.4, -0.2) is 40.6 Å². The maximum Gasteiger partial charge on any atom is 0.366 e. The minimum atomic E-state index is -1.77. The summed E-state index contributed by atoms with van der Waals surface area (Å²) in [5.74, 6) is -1.61. The van der Waals surface area contributed by atoms with Gasteiger partial charge in [-0.25, -0.2) is 4.79 Å². The Hall–Kier alpha value is -1.00. The molecule has 3 N–H and O–H groups in total. The zero-order chi connectivity index (χ0) is 11.1. The zero-order valence-electron chi connectivity index (χ0n) is 7.77. The number of aliphatic hydroxyl groups is 1. The van der Waals surface area contributed by atoms with Crippen molar-refractivity contribution >= 4 is 19.7 Å². The largest absolute Gasteiger partial charge is 0.480 e. The third-order valence-corrected chi connectivity index (χ3v) is 2.57. The van der Waals surface area contributed by atoms with Crippen LogP contribution in [0.25, 0.3) is 0 Å². The van der Waals surface area contributed by atoms with Gasteiger partial charge in [-0.3, -0.25) is 4.79 Å². The molecular weight excluding hydrogens is 209 g/mol. The molecule has 80 valence electrons. The zero-order valence-corrected chi connectivity index (χ0v) is 8.66. The number of carbonyl (C=O) groups is 2. The SMILES string of the molecule is CC(=O)N[C@@H](CC[P+](=O)CO)C(=O)O. The number of rotatable bonds is 6. The molecule has 0 fully saturated rings. The lowest BCUT2D eigenvalue weighted by Crippen LogP contribution is -2.39. The van der Waals surface area contributed by atoms with E-state index >= 15 is 0 Å². The normalized spacial score (nSPS) is 13.1. The predicted molar refractivity (Wildman–Crippen MR) is 49.4 cm³/mol. The minimum Gasteiger partial charge on any atom is -0.480 e. The number of nitrogens with one attached hydrogen (secondary N) is 1. The second kappa shape index (κ2) is 6.45. The maximum atomic E-state index is 10.8. The third kappa shape index (κ3) is 5.61. The number of carbonyl (C=O) groups excluding carboxylic acids is 1. The summed E-state index contributed by atoms with van der Waals surface area (Å²) in [6, 6.07) is -1.03. The first-order valence-corrected chi connectivity index (χ1v) is 5.63. The number of aliphatic hydroxyl groups excluding tert-OH is 1. The Morgan fingerprint density at radius 1 is 1.50 bits per heavy atom. The van der Waals surface area contributed by atoms with Gasteiger partial charge in [0.1, 0.15) is 6.04 Å². The molecule has 0 aliphatic rings. The summed E-state index contributed by atoms with van der Waals surface area (Å²) in [5, 5.41) is 19.3. The molecule has 0 saturated heterocycles. The van der Waals surface area contributed by atoms with Crippen molar-refractivity contribution in [3.63, 3.8) is 0 Å². The first kappa shape index (κ1) is 13.0. The molecule has 0 aliphatic heterocycles. The van der Waals surface area contributed by atoms with E-state index in [0.29, 0.717) is 0 Å². The van der Waals surface area contributed by atoms with Crippen LogP contribution in [0.2, 0.25) is 0 Å². The molecule has 0 aliphatic carbocycles. The van der Waals surface area contributed by atoms with Crippen LogP contribution < -0.4 is 5.32 Å². The Morgan fingerprint density at radius 3 is 2.43 bits per heavy atom. The molecular formula is C7H13NO5P+. The molecule has 14 heavy (non-hydrogen) atoms. The molecule has 0 aromatic carbocycles. The van der Waals surface area contributed by atoms with Gasteiger partial charge < -0.3 is 15.5 Å². The average Bonchev–Trinajstić information content (AvgIpc) is 2.10. The van der Waals surface area contributed by atoms with Gasteiger partial charge in [-0.1, -0.05) is 4.57 Å². The summed E-state index contributed by atoms with van der Waals surface area (Å²) < 4.78 is 10.8. The summed E-state index contributed by atoms with van der Waals surface area (Å²) in [6.45, 7) is 1.21. The van der Waals surface area contributed by atoms with Gasteiger partial charge in [0.15, 0.2) is 6.16 Å². The van der Waals surface area contributed by atoms with Crippen LogP contribution in [0, 0.1) is 0 Å². The first-order valence-electron chi connectivity index (χ1n) is 4.00. The summed E-state index contributed by atoms with van der Waals surface area (Å²) in [6.07, 6.45) is -0.310. The number of carboxylic acid groups (broad SMARTS) is 1. The van der Waals surface area contributed by atoms with Crippen LogP contribution in [0.3, 0.4) is 0 Å². The van der Waals surface area contributed by atoms with Crippen LogP contribution in [0.4, 0.5) is 0 Å². The van der Waals surface area contributed by atoms with Gasteiger partial charge in [0.2, 0.25) is 12.3 Å². The summed E-state index contributed by atoms with van der Waals surface area (Å²) in [5.41, 5.74) is 0. The Bertz CT molecular complexity index is 242. The van der Waals surface area contributed by atoms with E-state index in [0.717, 1.165) is 0 Å². The van der Waals surface area contributed by atoms with Gasteiger partial charge in [0.25, 0.3) is 0 Å². The molecule has 0 aromatic rings. The first-order chi connectivity index (χ1) is 6.47. The van der Waals surface area contributed by atoms with Crippen molar-refractivity contribution in [2.75, 3.05) is 12.5 Å². The molecule has 0 radical (unpaired) electrons. The Balaban J connectivity index is 4.04. The summed E-state index contributed by atoms with van der Waals surface area (Å²) >= 11 is 0. The molecule has 0 spiro atoms. The van der Waals surface area contributed by atoms with E-state index in [2.05, 4.69) is 5.32 Å². The van der Waals surface area contributed by atoms with Gasteiger partial charge in [-0.15, -0.1) is 0 Å². The van der Waals surface area contributed by atoms with Gasteiger partial charge in [-0.2, -0.15) is 0 Å². The molecule has 0 saturated carbocycles. The molecule has 0 rings (SSSR count). The molecule has 7 heteroatoms. The van der Waals surface area contributed by atoms with Gasteiger partial charge in [0.05, 0.1) is 0 Å². The van der Waals surface area contributed by atoms with Crippen LogP contribution >= 0.6 is 7.80 Å². The minimum absolute atomic E-state index is 0.0602. The van der Waals surface area contributed by atoms with E-state index in [1.807, 2.05) is 0 Å². The molecule has 0 bridgehead atoms. The molecule has 1 amide bonds. The topological polar surface area (TPSA) is 104 Å². The van der Waals surface area contributed by atoms with Crippen molar-refractivity contribution in [1.82, 2.24) is 5.32 Å². The van der Waals surface area contributed by atoms with E-state index in [1.165, 1.54) is 6.92 Å². The van der Waals surface area contributed by atoms with Crippen molar-refractivity contribution in [2.24, 2.45) is 0 Å². The summed E-state index contributed by atoms with van der Waals surface area (Å²) in [4.78, 5) is 21.1. The molecule has 6 nitrogen and oxygen atoms in total. The van der Waals surface area contributed by atoms with Crippen molar-refractivity contribution in [3.8, 4) is 0 Å². The maximum absolute atomic E-state index is 10.8. The number of amides is 1. The number of carboxylic acids is 1. The smallest absolute Gasteiger partial charge is 0.366 e. The van der Waals surface area contributed by atoms with Crippen molar-refractivity contribution in [1.29, 1.82) is 0 Å². The lowest BCUT2D eigenvalue weighted by Gasteiger charge is -2.09. The number of hydrogen-bond acceptors (Lipinski definition) is 4. The molecule has 0 heterocycles. The highest BCUT2D eigenvalue weighted by atomic mass is 31.1. The lowest BCUT2D eigenvalue weighted by molar-refractivity contribution is -0.141. The monoisotopic (exact) mass is 222 g/mol. The Morgan fingerprint density at radius 2 is 2.07 bits per heavy atom. The highest BCUT2D eigenvalue weighted by Gasteiger charge is 2.23. The van der Waals surface area contributed by atoms with E-state index < -0.39 is 32.1 Å². The molecule has 2 atom stereocenters. The molecule has 0 aromatic heterocycles. The van der Waals surface area contributed by atoms with Gasteiger partial charge >= 0.3 is 13.8 Å². The highest BCUT2D eigenvalue weighted by molar-refractivity contribution is 7.44. The number of hydrogen-bond donors (Lipinski definition) is 3.